The van der Waals surface area contributed by atoms with Crippen LogP contribution in [0.5, 0.6) is 0 Å². The van der Waals surface area contributed by atoms with Crippen molar-refractivity contribution in [3.8, 4) is 0 Å². The number of halogens is 3. The van der Waals surface area contributed by atoms with Gasteiger partial charge in [0, 0.05) is 10.2 Å². The quantitative estimate of drug-likeness (QED) is 0.631. The minimum absolute atomic E-state index is 0.0139. The lowest BCUT2D eigenvalue weighted by atomic mass is 10.0. The Kier molecular flexibility index (Phi) is 2.33. The summed E-state index contributed by atoms with van der Waals surface area (Å²) in [7, 11) is 0. The van der Waals surface area contributed by atoms with Crippen LogP contribution in [0, 0.1) is 5.41 Å². The maximum atomic E-state index is 12.3. The van der Waals surface area contributed by atoms with Crippen molar-refractivity contribution in [1.29, 1.82) is 0 Å². The smallest absolute Gasteiger partial charge is 0.210 e. The molecule has 1 rings (SSSR count). The Morgan fingerprint density at radius 1 is 1.50 bits per heavy atom. The standard InChI is InChI=1S/C7H11BrF2/c1-2-5(8)7(3-4-7)6(9)10/h5-6H,2-4H2,1H3. The van der Waals surface area contributed by atoms with Gasteiger partial charge in [-0.25, -0.2) is 8.78 Å². The molecule has 1 aliphatic carbocycles. The Morgan fingerprint density at radius 3 is 2.10 bits per heavy atom. The highest BCUT2D eigenvalue weighted by Gasteiger charge is 2.54. The normalized spacial score (nSPS) is 24.9. The van der Waals surface area contributed by atoms with Gasteiger partial charge in [-0.2, -0.15) is 0 Å². The molecule has 0 saturated heterocycles. The van der Waals surface area contributed by atoms with Crippen LogP contribution in [0.2, 0.25) is 0 Å². The molecule has 0 aromatic carbocycles. The second kappa shape index (κ2) is 2.76. The fraction of sp³-hybridized carbons (Fsp3) is 1.00. The van der Waals surface area contributed by atoms with E-state index in [0.29, 0.717) is 12.8 Å². The van der Waals surface area contributed by atoms with Crippen LogP contribution in [0.1, 0.15) is 26.2 Å². The van der Waals surface area contributed by atoms with E-state index in [4.69, 9.17) is 0 Å². The molecule has 0 aromatic heterocycles. The summed E-state index contributed by atoms with van der Waals surface area (Å²) >= 11 is 3.28. The van der Waals surface area contributed by atoms with Crippen LogP contribution >= 0.6 is 15.9 Å². The van der Waals surface area contributed by atoms with E-state index >= 15 is 0 Å². The van der Waals surface area contributed by atoms with Gasteiger partial charge in [0.05, 0.1) is 0 Å². The van der Waals surface area contributed by atoms with Gasteiger partial charge in [-0.15, -0.1) is 0 Å². The van der Waals surface area contributed by atoms with Gasteiger partial charge >= 0.3 is 0 Å². The molecule has 0 spiro atoms. The third-order valence-corrected chi connectivity index (χ3v) is 3.80. The van der Waals surface area contributed by atoms with E-state index in [1.165, 1.54) is 0 Å². The third kappa shape index (κ3) is 1.20. The average molecular weight is 213 g/mol. The van der Waals surface area contributed by atoms with Gasteiger partial charge < -0.3 is 0 Å². The number of hydrogen-bond donors (Lipinski definition) is 0. The molecule has 10 heavy (non-hydrogen) atoms. The molecular formula is C7H11BrF2. The van der Waals surface area contributed by atoms with Gasteiger partial charge in [-0.1, -0.05) is 22.9 Å². The first kappa shape index (κ1) is 8.44. The number of hydrogen-bond acceptors (Lipinski definition) is 0. The summed E-state index contributed by atoms with van der Waals surface area (Å²) in [5.74, 6) is 0. The van der Waals surface area contributed by atoms with Crippen LogP contribution < -0.4 is 0 Å². The van der Waals surface area contributed by atoms with Gasteiger partial charge in [0.1, 0.15) is 0 Å². The van der Waals surface area contributed by atoms with Gasteiger partial charge in [-0.05, 0) is 19.3 Å². The molecule has 0 nitrogen and oxygen atoms in total. The fourth-order valence-corrected chi connectivity index (χ4v) is 1.88. The Hall–Kier alpha value is 0.340. The van der Waals surface area contributed by atoms with Crippen molar-refractivity contribution in [2.45, 2.75) is 37.4 Å². The van der Waals surface area contributed by atoms with Crippen LogP contribution in [-0.4, -0.2) is 11.3 Å². The summed E-state index contributed by atoms with van der Waals surface area (Å²) in [6.07, 6.45) is 0.0320. The second-order valence-electron chi connectivity index (χ2n) is 2.91. The van der Waals surface area contributed by atoms with Crippen molar-refractivity contribution in [2.75, 3.05) is 0 Å². The van der Waals surface area contributed by atoms with Crippen molar-refractivity contribution in [2.24, 2.45) is 5.41 Å². The Bertz CT molecular complexity index is 121. The van der Waals surface area contributed by atoms with E-state index < -0.39 is 11.8 Å². The summed E-state index contributed by atoms with van der Waals surface area (Å²) in [5.41, 5.74) is -0.658. The zero-order valence-electron chi connectivity index (χ0n) is 5.91. The summed E-state index contributed by atoms with van der Waals surface area (Å²) in [6, 6.07) is 0. The fourth-order valence-electron chi connectivity index (χ4n) is 1.22. The molecule has 60 valence electrons. The summed E-state index contributed by atoms with van der Waals surface area (Å²) in [4.78, 5) is 0.0139. The zero-order valence-corrected chi connectivity index (χ0v) is 7.50. The van der Waals surface area contributed by atoms with Crippen molar-refractivity contribution >= 4 is 15.9 Å². The van der Waals surface area contributed by atoms with E-state index in [1.807, 2.05) is 6.92 Å². The average Bonchev–Trinajstić information content (AvgIpc) is 2.65. The largest absolute Gasteiger partial charge is 0.245 e. The maximum absolute atomic E-state index is 12.3. The van der Waals surface area contributed by atoms with Crippen molar-refractivity contribution in [1.82, 2.24) is 0 Å². The first-order valence-electron chi connectivity index (χ1n) is 3.55. The van der Waals surface area contributed by atoms with E-state index in [9.17, 15) is 8.78 Å². The molecule has 0 heterocycles. The number of alkyl halides is 3. The molecule has 1 saturated carbocycles. The van der Waals surface area contributed by atoms with Crippen LogP contribution in [-0.2, 0) is 0 Å². The molecule has 1 fully saturated rings. The van der Waals surface area contributed by atoms with Gasteiger partial charge in [0.25, 0.3) is 0 Å². The highest BCUT2D eigenvalue weighted by molar-refractivity contribution is 9.09. The minimum Gasteiger partial charge on any atom is -0.210 e. The molecule has 0 aliphatic heterocycles. The predicted molar refractivity (Wildman–Crippen MR) is 40.7 cm³/mol. The molecule has 0 radical (unpaired) electrons. The summed E-state index contributed by atoms with van der Waals surface area (Å²) < 4.78 is 24.6. The lowest BCUT2D eigenvalue weighted by Crippen LogP contribution is -2.23. The van der Waals surface area contributed by atoms with E-state index in [1.54, 1.807) is 0 Å². The topological polar surface area (TPSA) is 0 Å². The Morgan fingerprint density at radius 2 is 2.00 bits per heavy atom. The Labute approximate surface area is 68.1 Å². The molecular weight excluding hydrogens is 202 g/mol. The zero-order chi connectivity index (χ0) is 7.78. The lowest BCUT2D eigenvalue weighted by molar-refractivity contribution is 0.0606. The van der Waals surface area contributed by atoms with Gasteiger partial charge in [0.15, 0.2) is 0 Å². The highest BCUT2D eigenvalue weighted by atomic mass is 79.9. The van der Waals surface area contributed by atoms with Crippen molar-refractivity contribution < 1.29 is 8.78 Å². The molecule has 1 aliphatic rings. The monoisotopic (exact) mass is 212 g/mol. The van der Waals surface area contributed by atoms with Crippen LogP contribution in [0.15, 0.2) is 0 Å². The van der Waals surface area contributed by atoms with Gasteiger partial charge in [0.2, 0.25) is 6.43 Å². The molecule has 0 N–H and O–H groups in total. The first-order valence-corrected chi connectivity index (χ1v) is 4.47. The molecule has 0 aromatic rings. The number of rotatable bonds is 3. The molecule has 0 bridgehead atoms. The van der Waals surface area contributed by atoms with E-state index in [0.717, 1.165) is 6.42 Å². The maximum Gasteiger partial charge on any atom is 0.245 e. The molecule has 1 unspecified atom stereocenters. The van der Waals surface area contributed by atoms with Crippen molar-refractivity contribution in [3.63, 3.8) is 0 Å². The van der Waals surface area contributed by atoms with Crippen LogP contribution in [0.4, 0.5) is 8.78 Å². The van der Waals surface area contributed by atoms with Crippen molar-refractivity contribution in [3.05, 3.63) is 0 Å². The van der Waals surface area contributed by atoms with Gasteiger partial charge in [-0.3, -0.25) is 0 Å². The second-order valence-corrected chi connectivity index (χ2v) is 4.01. The third-order valence-electron chi connectivity index (χ3n) is 2.24. The van der Waals surface area contributed by atoms with E-state index in [-0.39, 0.29) is 4.83 Å². The lowest BCUT2D eigenvalue weighted by Gasteiger charge is -2.18. The van der Waals surface area contributed by atoms with E-state index in [2.05, 4.69) is 15.9 Å². The SMILES string of the molecule is CCC(Br)C1(C(F)F)CC1. The summed E-state index contributed by atoms with van der Waals surface area (Å²) in [5, 5.41) is 0. The molecule has 0 amide bonds. The Balaban J connectivity index is 2.51. The molecule has 1 atom stereocenters. The predicted octanol–water partition coefficient (Wildman–Crippen LogP) is 3.21. The van der Waals surface area contributed by atoms with Crippen LogP contribution in [0.3, 0.4) is 0 Å². The first-order chi connectivity index (χ1) is 4.63. The summed E-state index contributed by atoms with van der Waals surface area (Å²) in [6.45, 7) is 1.93. The minimum atomic E-state index is -2.14. The molecule has 3 heteroatoms. The highest BCUT2D eigenvalue weighted by Crippen LogP contribution is 2.56. The van der Waals surface area contributed by atoms with Crippen LogP contribution in [0.25, 0.3) is 0 Å².